The zero-order valence-electron chi connectivity index (χ0n) is 10.9. The van der Waals surface area contributed by atoms with Crippen LogP contribution >= 0.6 is 11.3 Å². The van der Waals surface area contributed by atoms with Crippen LogP contribution < -0.4 is 10.6 Å². The summed E-state index contributed by atoms with van der Waals surface area (Å²) >= 11 is 1.48. The van der Waals surface area contributed by atoms with Gasteiger partial charge in [0, 0.05) is 30.0 Å². The van der Waals surface area contributed by atoms with Crippen molar-refractivity contribution in [2.24, 2.45) is 0 Å². The minimum atomic E-state index is -0.119. The van der Waals surface area contributed by atoms with Crippen LogP contribution in [0.15, 0.2) is 16.8 Å². The van der Waals surface area contributed by atoms with Gasteiger partial charge in [-0.3, -0.25) is 9.59 Å². The van der Waals surface area contributed by atoms with Crippen molar-refractivity contribution in [3.8, 4) is 0 Å². The molecule has 18 heavy (non-hydrogen) atoms. The molecule has 0 aliphatic carbocycles. The van der Waals surface area contributed by atoms with Crippen LogP contribution in [0.1, 0.15) is 43.5 Å². The maximum Gasteiger partial charge on any atom is 0.252 e. The number of carbonyl (C=O) groups is 2. The van der Waals surface area contributed by atoms with Gasteiger partial charge < -0.3 is 10.6 Å². The highest BCUT2D eigenvalue weighted by molar-refractivity contribution is 7.08. The summed E-state index contributed by atoms with van der Waals surface area (Å²) in [7, 11) is 0. The minimum absolute atomic E-state index is 0.00526. The average Bonchev–Trinajstić information content (AvgIpc) is 2.89. The maximum absolute atomic E-state index is 11.6. The van der Waals surface area contributed by atoms with Gasteiger partial charge in [0.15, 0.2) is 0 Å². The van der Waals surface area contributed by atoms with E-state index in [1.165, 1.54) is 11.3 Å². The van der Waals surface area contributed by atoms with Crippen molar-refractivity contribution in [3.63, 3.8) is 0 Å². The first-order valence-electron chi connectivity index (χ1n) is 6.27. The van der Waals surface area contributed by atoms with Gasteiger partial charge in [-0.2, -0.15) is 11.3 Å². The fraction of sp³-hybridized carbons (Fsp3) is 0.538. The van der Waals surface area contributed by atoms with Crippen LogP contribution in [0.5, 0.6) is 0 Å². The second-order valence-corrected chi connectivity index (χ2v) is 4.88. The molecule has 0 bridgehead atoms. The Bertz CT molecular complexity index is 372. The number of thiophene rings is 1. The summed E-state index contributed by atoms with van der Waals surface area (Å²) < 4.78 is 0. The van der Waals surface area contributed by atoms with Gasteiger partial charge in [0.25, 0.3) is 5.91 Å². The summed E-state index contributed by atoms with van der Waals surface area (Å²) in [5.74, 6) is -0.124. The Hall–Kier alpha value is -1.36. The second-order valence-electron chi connectivity index (χ2n) is 4.10. The summed E-state index contributed by atoms with van der Waals surface area (Å²) in [4.78, 5) is 23.2. The zero-order valence-corrected chi connectivity index (χ0v) is 11.7. The van der Waals surface area contributed by atoms with Crippen LogP contribution in [-0.2, 0) is 4.79 Å². The molecule has 5 heteroatoms. The zero-order chi connectivity index (χ0) is 13.4. The lowest BCUT2D eigenvalue weighted by Crippen LogP contribution is -2.36. The summed E-state index contributed by atoms with van der Waals surface area (Å²) in [6.45, 7) is 4.47. The molecule has 0 aromatic carbocycles. The van der Waals surface area contributed by atoms with Crippen LogP contribution in [0.3, 0.4) is 0 Å². The third-order valence-electron chi connectivity index (χ3n) is 2.77. The van der Waals surface area contributed by atoms with Gasteiger partial charge in [-0.15, -0.1) is 0 Å². The lowest BCUT2D eigenvalue weighted by atomic mass is 10.1. The van der Waals surface area contributed by atoms with Gasteiger partial charge in [0.2, 0.25) is 5.91 Å². The molecule has 1 aromatic rings. The van der Waals surface area contributed by atoms with Gasteiger partial charge in [-0.25, -0.2) is 0 Å². The van der Waals surface area contributed by atoms with E-state index in [0.717, 1.165) is 12.8 Å². The van der Waals surface area contributed by atoms with E-state index in [2.05, 4.69) is 10.6 Å². The second kappa shape index (κ2) is 7.87. The monoisotopic (exact) mass is 268 g/mol. The largest absolute Gasteiger partial charge is 0.353 e. The molecule has 2 N–H and O–H groups in total. The number of nitrogens with one attached hydrogen (secondary N) is 2. The fourth-order valence-electron chi connectivity index (χ4n) is 1.58. The maximum atomic E-state index is 11.6. The summed E-state index contributed by atoms with van der Waals surface area (Å²) in [5, 5.41) is 9.32. The third kappa shape index (κ3) is 4.87. The number of rotatable bonds is 7. The van der Waals surface area contributed by atoms with Crippen molar-refractivity contribution in [1.82, 2.24) is 10.6 Å². The van der Waals surface area contributed by atoms with Gasteiger partial charge >= 0.3 is 0 Å². The van der Waals surface area contributed by atoms with Crippen molar-refractivity contribution in [1.29, 1.82) is 0 Å². The molecule has 0 spiro atoms. The minimum Gasteiger partial charge on any atom is -0.353 e. The van der Waals surface area contributed by atoms with E-state index in [1.54, 1.807) is 11.4 Å². The lowest BCUT2D eigenvalue weighted by Gasteiger charge is -2.14. The Kier molecular flexibility index (Phi) is 6.43. The van der Waals surface area contributed by atoms with E-state index >= 15 is 0 Å². The Balaban J connectivity index is 2.21. The van der Waals surface area contributed by atoms with E-state index in [9.17, 15) is 9.59 Å². The molecule has 0 radical (unpaired) electrons. The average molecular weight is 268 g/mol. The van der Waals surface area contributed by atoms with Crippen molar-refractivity contribution in [2.75, 3.05) is 6.54 Å². The van der Waals surface area contributed by atoms with Crippen LogP contribution in [0, 0.1) is 0 Å². The van der Waals surface area contributed by atoms with Crippen molar-refractivity contribution < 1.29 is 9.59 Å². The molecule has 0 aliphatic heterocycles. The van der Waals surface area contributed by atoms with Crippen molar-refractivity contribution >= 4 is 23.2 Å². The van der Waals surface area contributed by atoms with Gasteiger partial charge in [0.05, 0.1) is 0 Å². The first-order chi connectivity index (χ1) is 8.67. The predicted molar refractivity (Wildman–Crippen MR) is 73.8 cm³/mol. The molecule has 0 aliphatic rings. The third-order valence-corrected chi connectivity index (χ3v) is 3.45. The van der Waals surface area contributed by atoms with E-state index in [4.69, 9.17) is 0 Å². The fourth-order valence-corrected chi connectivity index (χ4v) is 2.21. The molecule has 0 fully saturated rings. The van der Waals surface area contributed by atoms with Crippen LogP contribution in [0.25, 0.3) is 0 Å². The van der Waals surface area contributed by atoms with E-state index in [-0.39, 0.29) is 17.9 Å². The summed E-state index contributed by atoms with van der Waals surface area (Å²) in [6.07, 6.45) is 2.19. The molecule has 2 amide bonds. The number of amides is 2. The highest BCUT2D eigenvalue weighted by atomic mass is 32.1. The standard InChI is InChI=1S/C13H20N2O2S/c1-3-11(4-2)15-12(16)5-7-14-13(17)10-6-8-18-9-10/h6,8-9,11H,3-5,7H2,1-2H3,(H,14,17)(H,15,16). The highest BCUT2D eigenvalue weighted by Gasteiger charge is 2.09. The van der Waals surface area contributed by atoms with E-state index in [0.29, 0.717) is 18.5 Å². The summed E-state index contributed by atoms with van der Waals surface area (Å²) in [5.41, 5.74) is 0.653. The first kappa shape index (κ1) is 14.7. The van der Waals surface area contributed by atoms with Crippen molar-refractivity contribution in [3.05, 3.63) is 22.4 Å². The molecule has 1 aromatic heterocycles. The SMILES string of the molecule is CCC(CC)NC(=O)CCNC(=O)c1ccsc1. The van der Waals surface area contributed by atoms with Crippen LogP contribution in [-0.4, -0.2) is 24.4 Å². The lowest BCUT2D eigenvalue weighted by molar-refractivity contribution is -0.121. The van der Waals surface area contributed by atoms with E-state index < -0.39 is 0 Å². The molecular formula is C13H20N2O2S. The smallest absolute Gasteiger partial charge is 0.252 e. The molecule has 1 heterocycles. The van der Waals surface area contributed by atoms with Gasteiger partial charge in [0.1, 0.15) is 0 Å². The highest BCUT2D eigenvalue weighted by Crippen LogP contribution is 2.05. The van der Waals surface area contributed by atoms with Gasteiger partial charge in [-0.1, -0.05) is 13.8 Å². The molecule has 100 valence electrons. The molecule has 4 nitrogen and oxygen atoms in total. The Labute approximate surface area is 112 Å². The number of hydrogen-bond donors (Lipinski definition) is 2. The first-order valence-corrected chi connectivity index (χ1v) is 7.21. The molecule has 1 rings (SSSR count). The molecule has 0 unspecified atom stereocenters. The molecule has 0 atom stereocenters. The summed E-state index contributed by atoms with van der Waals surface area (Å²) in [6, 6.07) is 2.01. The van der Waals surface area contributed by atoms with E-state index in [1.807, 2.05) is 19.2 Å². The predicted octanol–water partition coefficient (Wildman–Crippen LogP) is 2.17. The molecule has 0 saturated heterocycles. The number of carbonyl (C=O) groups excluding carboxylic acids is 2. The topological polar surface area (TPSA) is 58.2 Å². The van der Waals surface area contributed by atoms with Crippen LogP contribution in [0.4, 0.5) is 0 Å². The normalized spacial score (nSPS) is 10.4. The Morgan fingerprint density at radius 1 is 1.33 bits per heavy atom. The number of hydrogen-bond acceptors (Lipinski definition) is 3. The Morgan fingerprint density at radius 3 is 2.61 bits per heavy atom. The van der Waals surface area contributed by atoms with Crippen LogP contribution in [0.2, 0.25) is 0 Å². The van der Waals surface area contributed by atoms with Crippen molar-refractivity contribution in [2.45, 2.75) is 39.2 Å². The quantitative estimate of drug-likeness (QED) is 0.796. The Morgan fingerprint density at radius 2 is 2.06 bits per heavy atom. The molecular weight excluding hydrogens is 248 g/mol. The molecule has 0 saturated carbocycles. The van der Waals surface area contributed by atoms with Gasteiger partial charge in [-0.05, 0) is 24.3 Å².